The van der Waals surface area contributed by atoms with Crippen LogP contribution < -0.4 is 5.32 Å². The van der Waals surface area contributed by atoms with Crippen molar-refractivity contribution in [1.29, 1.82) is 0 Å². The smallest absolute Gasteiger partial charge is 0.238 e. The molecule has 1 saturated carbocycles. The highest BCUT2D eigenvalue weighted by Crippen LogP contribution is 2.47. The van der Waals surface area contributed by atoms with E-state index < -0.39 is 5.41 Å². The first-order valence-corrected chi connectivity index (χ1v) is 8.44. The van der Waals surface area contributed by atoms with Crippen molar-refractivity contribution in [3.8, 4) is 0 Å². The van der Waals surface area contributed by atoms with Crippen LogP contribution in [0, 0.1) is 11.2 Å². The Morgan fingerprint density at radius 1 is 1.13 bits per heavy atom. The van der Waals surface area contributed by atoms with Gasteiger partial charge in [0, 0.05) is 19.6 Å². The van der Waals surface area contributed by atoms with Gasteiger partial charge in [-0.1, -0.05) is 18.2 Å². The van der Waals surface area contributed by atoms with E-state index in [0.717, 1.165) is 32.4 Å². The van der Waals surface area contributed by atoms with Crippen molar-refractivity contribution in [2.45, 2.75) is 38.5 Å². The minimum atomic E-state index is -0.841. The minimum Gasteiger partial charge on any atom is -0.355 e. The van der Waals surface area contributed by atoms with Gasteiger partial charge in [0.1, 0.15) is 11.2 Å². The Bertz CT molecular complexity index is 592. The number of carbonyl (C=O) groups excluding carboxylic acids is 2. The molecule has 0 radical (unpaired) electrons. The van der Waals surface area contributed by atoms with Crippen LogP contribution in [-0.2, 0) is 16.0 Å². The maximum Gasteiger partial charge on any atom is 0.238 e. The average Bonchev–Trinajstić information content (AvgIpc) is 3.38. The first-order valence-electron chi connectivity index (χ1n) is 8.44. The number of hydrogen-bond donors (Lipinski definition) is 1. The van der Waals surface area contributed by atoms with Gasteiger partial charge >= 0.3 is 0 Å². The molecule has 1 aliphatic carbocycles. The Morgan fingerprint density at radius 3 is 2.48 bits per heavy atom. The maximum atomic E-state index is 13.6. The first kappa shape index (κ1) is 16.0. The molecule has 3 rings (SSSR count). The zero-order chi connectivity index (χ0) is 16.3. The van der Waals surface area contributed by atoms with E-state index in [9.17, 15) is 14.0 Å². The number of likely N-dealkylation sites (tertiary alicyclic amines) is 1. The number of halogens is 1. The van der Waals surface area contributed by atoms with Gasteiger partial charge in [-0.3, -0.25) is 9.59 Å². The summed E-state index contributed by atoms with van der Waals surface area (Å²) in [5.41, 5.74) is -0.257. The van der Waals surface area contributed by atoms with Crippen LogP contribution in [0.15, 0.2) is 24.3 Å². The zero-order valence-electron chi connectivity index (χ0n) is 13.3. The van der Waals surface area contributed by atoms with Crippen LogP contribution >= 0.6 is 0 Å². The molecule has 1 aliphatic heterocycles. The fourth-order valence-corrected chi connectivity index (χ4v) is 3.24. The quantitative estimate of drug-likeness (QED) is 0.847. The summed E-state index contributed by atoms with van der Waals surface area (Å²) in [5.74, 6) is -0.461. The summed E-state index contributed by atoms with van der Waals surface area (Å²) in [7, 11) is 0. The molecule has 1 aromatic rings. The Hall–Kier alpha value is -1.91. The van der Waals surface area contributed by atoms with Crippen LogP contribution in [-0.4, -0.2) is 36.3 Å². The SMILES string of the molecule is O=C(NCCc1ccccc1F)C1(C(=O)N2CCCCC2)CC1. The summed E-state index contributed by atoms with van der Waals surface area (Å²) in [5, 5.41) is 2.83. The monoisotopic (exact) mass is 318 g/mol. The predicted molar refractivity (Wildman–Crippen MR) is 85.2 cm³/mol. The van der Waals surface area contributed by atoms with Gasteiger partial charge < -0.3 is 10.2 Å². The van der Waals surface area contributed by atoms with Crippen molar-refractivity contribution in [1.82, 2.24) is 10.2 Å². The standard InChI is InChI=1S/C18H23FN2O2/c19-15-7-3-2-6-14(15)8-11-20-16(22)18(9-10-18)17(23)21-12-4-1-5-13-21/h2-3,6-7H,1,4-5,8-13H2,(H,20,22). The average molecular weight is 318 g/mol. The lowest BCUT2D eigenvalue weighted by molar-refractivity contribution is -0.144. The molecule has 1 heterocycles. The fraction of sp³-hybridized carbons (Fsp3) is 0.556. The second kappa shape index (κ2) is 6.69. The third kappa shape index (κ3) is 3.38. The zero-order valence-corrected chi connectivity index (χ0v) is 13.3. The van der Waals surface area contributed by atoms with Crippen molar-refractivity contribution < 1.29 is 14.0 Å². The number of hydrogen-bond acceptors (Lipinski definition) is 2. The molecule has 23 heavy (non-hydrogen) atoms. The van der Waals surface area contributed by atoms with E-state index in [1.54, 1.807) is 18.2 Å². The minimum absolute atomic E-state index is 0.0133. The lowest BCUT2D eigenvalue weighted by Gasteiger charge is -2.30. The number of rotatable bonds is 5. The largest absolute Gasteiger partial charge is 0.355 e. The van der Waals surface area contributed by atoms with E-state index in [4.69, 9.17) is 0 Å². The third-order valence-electron chi connectivity index (χ3n) is 4.88. The summed E-state index contributed by atoms with van der Waals surface area (Å²) in [4.78, 5) is 26.9. The molecule has 1 aromatic carbocycles. The molecule has 4 nitrogen and oxygen atoms in total. The second-order valence-electron chi connectivity index (χ2n) is 6.53. The summed E-state index contributed by atoms with van der Waals surface area (Å²) in [6.45, 7) is 1.89. The Balaban J connectivity index is 1.53. The van der Waals surface area contributed by atoms with Crippen LogP contribution in [0.5, 0.6) is 0 Å². The van der Waals surface area contributed by atoms with Crippen molar-refractivity contribution in [2.24, 2.45) is 5.41 Å². The van der Waals surface area contributed by atoms with Crippen LogP contribution in [0.1, 0.15) is 37.7 Å². The predicted octanol–water partition coefficient (Wildman–Crippen LogP) is 2.28. The van der Waals surface area contributed by atoms with Gasteiger partial charge in [-0.2, -0.15) is 0 Å². The Morgan fingerprint density at radius 2 is 1.83 bits per heavy atom. The lowest BCUT2D eigenvalue weighted by Crippen LogP contribution is -2.47. The maximum absolute atomic E-state index is 13.6. The highest BCUT2D eigenvalue weighted by Gasteiger charge is 2.57. The third-order valence-corrected chi connectivity index (χ3v) is 4.88. The molecule has 5 heteroatoms. The fourth-order valence-electron chi connectivity index (χ4n) is 3.24. The van der Waals surface area contributed by atoms with Crippen LogP contribution in [0.2, 0.25) is 0 Å². The summed E-state index contributed by atoms with van der Waals surface area (Å²) < 4.78 is 13.6. The van der Waals surface area contributed by atoms with Crippen molar-refractivity contribution >= 4 is 11.8 Å². The van der Waals surface area contributed by atoms with E-state index in [1.807, 2.05) is 4.90 Å². The molecular weight excluding hydrogens is 295 g/mol. The van der Waals surface area contributed by atoms with Crippen molar-refractivity contribution in [2.75, 3.05) is 19.6 Å². The summed E-state index contributed by atoms with van der Waals surface area (Å²) >= 11 is 0. The molecule has 1 N–H and O–H groups in total. The number of piperidine rings is 1. The number of benzene rings is 1. The number of nitrogens with one attached hydrogen (secondary N) is 1. The van der Waals surface area contributed by atoms with E-state index in [1.165, 1.54) is 6.07 Å². The summed E-state index contributed by atoms with van der Waals surface area (Å²) in [6, 6.07) is 6.56. The van der Waals surface area contributed by atoms with Gasteiger partial charge in [0.2, 0.25) is 11.8 Å². The van der Waals surface area contributed by atoms with Gasteiger partial charge in [0.15, 0.2) is 0 Å². The van der Waals surface area contributed by atoms with Gasteiger partial charge in [0.05, 0.1) is 0 Å². The molecule has 0 aromatic heterocycles. The number of amides is 2. The molecule has 2 amide bonds. The highest BCUT2D eigenvalue weighted by atomic mass is 19.1. The molecule has 0 spiro atoms. The van der Waals surface area contributed by atoms with Crippen molar-refractivity contribution in [3.63, 3.8) is 0 Å². The van der Waals surface area contributed by atoms with E-state index in [-0.39, 0.29) is 17.6 Å². The molecular formula is C18H23FN2O2. The second-order valence-corrected chi connectivity index (χ2v) is 6.53. The number of nitrogens with zero attached hydrogens (tertiary/aromatic N) is 1. The van der Waals surface area contributed by atoms with Gasteiger partial charge in [0.25, 0.3) is 0 Å². The Kier molecular flexibility index (Phi) is 4.64. The number of carbonyl (C=O) groups is 2. The highest BCUT2D eigenvalue weighted by molar-refractivity contribution is 6.07. The van der Waals surface area contributed by atoms with E-state index >= 15 is 0 Å². The van der Waals surface area contributed by atoms with Gasteiger partial charge in [-0.15, -0.1) is 0 Å². The molecule has 2 fully saturated rings. The molecule has 124 valence electrons. The van der Waals surface area contributed by atoms with E-state index in [2.05, 4.69) is 5.32 Å². The Labute approximate surface area is 136 Å². The molecule has 0 atom stereocenters. The molecule has 2 aliphatic rings. The molecule has 0 unspecified atom stereocenters. The molecule has 1 saturated heterocycles. The van der Waals surface area contributed by atoms with Crippen LogP contribution in [0.25, 0.3) is 0 Å². The van der Waals surface area contributed by atoms with Gasteiger partial charge in [-0.05, 0) is 50.2 Å². The lowest BCUT2D eigenvalue weighted by atomic mass is 10.0. The van der Waals surface area contributed by atoms with E-state index in [0.29, 0.717) is 31.4 Å². The first-order chi connectivity index (χ1) is 11.1. The summed E-state index contributed by atoms with van der Waals surface area (Å²) in [6.07, 6.45) is 4.91. The van der Waals surface area contributed by atoms with Gasteiger partial charge in [-0.25, -0.2) is 4.39 Å². The van der Waals surface area contributed by atoms with Crippen LogP contribution in [0.4, 0.5) is 4.39 Å². The topological polar surface area (TPSA) is 49.4 Å². The normalized spacial score (nSPS) is 19.3. The van der Waals surface area contributed by atoms with Crippen LogP contribution in [0.3, 0.4) is 0 Å². The van der Waals surface area contributed by atoms with Crippen molar-refractivity contribution in [3.05, 3.63) is 35.6 Å². The molecule has 0 bridgehead atoms.